The number of carbonyl (C=O) groups excluding carboxylic acids is 1. The van der Waals surface area contributed by atoms with E-state index in [2.05, 4.69) is 34.5 Å². The fourth-order valence-corrected chi connectivity index (χ4v) is 5.07. The molecule has 1 aliphatic rings. The number of benzene rings is 2. The first kappa shape index (κ1) is 22.7. The van der Waals surface area contributed by atoms with Gasteiger partial charge in [-0.25, -0.2) is 12.7 Å². The monoisotopic (exact) mass is 449 g/mol. The SMILES string of the molecule is CN(C)S(=O)(=O)c1cc(NC(=O)CN2CCC(Cc3ccccc3)CC2)ccc1Cl. The fourth-order valence-electron chi connectivity index (χ4n) is 3.68. The Bertz CT molecular complexity index is 972. The lowest BCUT2D eigenvalue weighted by atomic mass is 9.90. The molecule has 1 heterocycles. The molecule has 2 aromatic carbocycles. The number of amides is 1. The second kappa shape index (κ2) is 9.92. The first-order valence-electron chi connectivity index (χ1n) is 10.0. The quantitative estimate of drug-likeness (QED) is 0.702. The topological polar surface area (TPSA) is 69.7 Å². The van der Waals surface area contributed by atoms with Gasteiger partial charge in [-0.2, -0.15) is 0 Å². The molecule has 1 N–H and O–H groups in total. The number of likely N-dealkylation sites (tertiary alicyclic amines) is 1. The molecule has 1 fully saturated rings. The third-order valence-electron chi connectivity index (χ3n) is 5.42. The van der Waals surface area contributed by atoms with Crippen LogP contribution in [0.2, 0.25) is 5.02 Å². The summed E-state index contributed by atoms with van der Waals surface area (Å²) in [5.74, 6) is 0.480. The van der Waals surface area contributed by atoms with E-state index in [4.69, 9.17) is 11.6 Å². The maximum absolute atomic E-state index is 12.5. The molecule has 0 radical (unpaired) electrons. The average molecular weight is 450 g/mol. The van der Waals surface area contributed by atoms with Gasteiger partial charge in [0.1, 0.15) is 4.90 Å². The summed E-state index contributed by atoms with van der Waals surface area (Å²) in [5, 5.41) is 2.92. The number of carbonyl (C=O) groups is 1. The summed E-state index contributed by atoms with van der Waals surface area (Å²) in [7, 11) is -0.800. The molecule has 2 aromatic rings. The molecule has 0 saturated carbocycles. The number of nitrogens with zero attached hydrogens (tertiary/aromatic N) is 2. The Morgan fingerprint density at radius 2 is 1.80 bits per heavy atom. The van der Waals surface area contributed by atoms with Gasteiger partial charge in [-0.05, 0) is 62.0 Å². The van der Waals surface area contributed by atoms with E-state index in [1.54, 1.807) is 6.07 Å². The van der Waals surface area contributed by atoms with E-state index in [0.29, 0.717) is 11.6 Å². The molecule has 30 heavy (non-hydrogen) atoms. The molecule has 1 saturated heterocycles. The van der Waals surface area contributed by atoms with Crippen molar-refractivity contribution in [3.63, 3.8) is 0 Å². The zero-order valence-electron chi connectivity index (χ0n) is 17.3. The Hall–Kier alpha value is -1.93. The smallest absolute Gasteiger partial charge is 0.244 e. The van der Waals surface area contributed by atoms with Crippen LogP contribution in [0, 0.1) is 5.92 Å². The Morgan fingerprint density at radius 1 is 1.13 bits per heavy atom. The van der Waals surface area contributed by atoms with Gasteiger partial charge in [0, 0.05) is 19.8 Å². The van der Waals surface area contributed by atoms with Crippen LogP contribution in [0.15, 0.2) is 53.4 Å². The zero-order valence-corrected chi connectivity index (χ0v) is 18.9. The molecule has 0 aromatic heterocycles. The minimum absolute atomic E-state index is 0.0197. The van der Waals surface area contributed by atoms with Crippen LogP contribution in [-0.4, -0.2) is 57.3 Å². The average Bonchev–Trinajstić information content (AvgIpc) is 2.71. The van der Waals surface area contributed by atoms with Crippen LogP contribution >= 0.6 is 11.6 Å². The minimum Gasteiger partial charge on any atom is -0.325 e. The van der Waals surface area contributed by atoms with Crippen LogP contribution in [0.1, 0.15) is 18.4 Å². The van der Waals surface area contributed by atoms with Crippen LogP contribution in [0.4, 0.5) is 5.69 Å². The van der Waals surface area contributed by atoms with Crippen LogP contribution in [0.25, 0.3) is 0 Å². The predicted octanol–water partition coefficient (Wildman–Crippen LogP) is 3.48. The Balaban J connectivity index is 1.53. The third kappa shape index (κ3) is 5.82. The first-order valence-corrected chi connectivity index (χ1v) is 11.9. The maximum Gasteiger partial charge on any atom is 0.244 e. The lowest BCUT2D eigenvalue weighted by molar-refractivity contribution is -0.117. The van der Waals surface area contributed by atoms with Gasteiger partial charge in [0.05, 0.1) is 11.6 Å². The second-order valence-electron chi connectivity index (χ2n) is 7.89. The predicted molar refractivity (Wildman–Crippen MR) is 120 cm³/mol. The lowest BCUT2D eigenvalue weighted by Gasteiger charge is -2.31. The van der Waals surface area contributed by atoms with Gasteiger partial charge in [0.15, 0.2) is 0 Å². The Morgan fingerprint density at radius 3 is 2.43 bits per heavy atom. The summed E-state index contributed by atoms with van der Waals surface area (Å²) in [6.45, 7) is 2.05. The standard InChI is InChI=1S/C22H28ClN3O3S/c1-25(2)30(28,29)21-15-19(8-9-20(21)23)24-22(27)16-26-12-10-18(11-13-26)14-17-6-4-3-5-7-17/h3-9,15,18H,10-14,16H2,1-2H3,(H,24,27). The van der Waals surface area contributed by atoms with Crippen molar-refractivity contribution in [1.29, 1.82) is 0 Å². The minimum atomic E-state index is -3.69. The number of hydrogen-bond acceptors (Lipinski definition) is 4. The largest absolute Gasteiger partial charge is 0.325 e. The van der Waals surface area contributed by atoms with Gasteiger partial charge in [0.25, 0.3) is 0 Å². The van der Waals surface area contributed by atoms with E-state index in [1.165, 1.54) is 31.8 Å². The van der Waals surface area contributed by atoms with Gasteiger partial charge >= 0.3 is 0 Å². The molecule has 8 heteroatoms. The summed E-state index contributed by atoms with van der Waals surface area (Å²) in [5.41, 5.74) is 1.78. The third-order valence-corrected chi connectivity index (χ3v) is 7.71. The maximum atomic E-state index is 12.5. The highest BCUT2D eigenvalue weighted by atomic mass is 35.5. The number of rotatable bonds is 7. The first-order chi connectivity index (χ1) is 14.3. The van der Waals surface area contributed by atoms with Gasteiger partial charge in [0.2, 0.25) is 15.9 Å². The molecule has 6 nitrogen and oxygen atoms in total. The molecule has 162 valence electrons. The number of nitrogens with one attached hydrogen (secondary N) is 1. The van der Waals surface area contributed by atoms with Crippen molar-refractivity contribution in [2.24, 2.45) is 5.92 Å². The van der Waals surface area contributed by atoms with E-state index in [-0.39, 0.29) is 22.4 Å². The van der Waals surface area contributed by atoms with Crippen LogP contribution in [-0.2, 0) is 21.2 Å². The van der Waals surface area contributed by atoms with Crippen molar-refractivity contribution >= 4 is 33.2 Å². The Labute approximate surface area is 183 Å². The number of halogens is 1. The summed E-state index contributed by atoms with van der Waals surface area (Å²) in [6, 6.07) is 15.0. The molecular weight excluding hydrogens is 422 g/mol. The van der Waals surface area contributed by atoms with Crippen molar-refractivity contribution in [3.05, 3.63) is 59.1 Å². The summed E-state index contributed by atoms with van der Waals surface area (Å²) >= 11 is 6.06. The van der Waals surface area contributed by atoms with Crippen molar-refractivity contribution in [1.82, 2.24) is 9.21 Å². The number of anilines is 1. The lowest BCUT2D eigenvalue weighted by Crippen LogP contribution is -2.39. The van der Waals surface area contributed by atoms with Crippen molar-refractivity contribution < 1.29 is 13.2 Å². The van der Waals surface area contributed by atoms with E-state index in [0.717, 1.165) is 36.7 Å². The molecule has 0 aliphatic carbocycles. The molecule has 0 spiro atoms. The molecule has 1 amide bonds. The number of hydrogen-bond donors (Lipinski definition) is 1. The van der Waals surface area contributed by atoms with E-state index >= 15 is 0 Å². The van der Waals surface area contributed by atoms with Crippen LogP contribution in [0.3, 0.4) is 0 Å². The Kier molecular flexibility index (Phi) is 7.52. The van der Waals surface area contributed by atoms with Crippen molar-refractivity contribution in [2.75, 3.05) is 39.0 Å². The molecule has 0 bridgehead atoms. The second-order valence-corrected chi connectivity index (χ2v) is 10.4. The highest BCUT2D eigenvalue weighted by molar-refractivity contribution is 7.89. The molecule has 1 aliphatic heterocycles. The summed E-state index contributed by atoms with van der Waals surface area (Å²) < 4.78 is 25.9. The van der Waals surface area contributed by atoms with Crippen LogP contribution in [0.5, 0.6) is 0 Å². The molecular formula is C22H28ClN3O3S. The van der Waals surface area contributed by atoms with Crippen molar-refractivity contribution in [2.45, 2.75) is 24.2 Å². The van der Waals surface area contributed by atoms with Gasteiger partial charge in [-0.3, -0.25) is 9.69 Å². The summed E-state index contributed by atoms with van der Waals surface area (Å²) in [6.07, 6.45) is 3.21. The molecule has 0 atom stereocenters. The van der Waals surface area contributed by atoms with Gasteiger partial charge < -0.3 is 5.32 Å². The molecule has 0 unspecified atom stereocenters. The number of piperidine rings is 1. The number of sulfonamides is 1. The zero-order chi connectivity index (χ0) is 21.7. The summed E-state index contributed by atoms with van der Waals surface area (Å²) in [4.78, 5) is 14.6. The normalized spacial score (nSPS) is 16.0. The van der Waals surface area contributed by atoms with Crippen molar-refractivity contribution in [3.8, 4) is 0 Å². The van der Waals surface area contributed by atoms with Gasteiger partial charge in [-0.15, -0.1) is 0 Å². The van der Waals surface area contributed by atoms with E-state index in [1.807, 2.05) is 6.07 Å². The van der Waals surface area contributed by atoms with E-state index in [9.17, 15) is 13.2 Å². The highest BCUT2D eigenvalue weighted by Gasteiger charge is 2.23. The highest BCUT2D eigenvalue weighted by Crippen LogP contribution is 2.27. The molecule has 3 rings (SSSR count). The fraction of sp³-hybridized carbons (Fsp3) is 0.409. The van der Waals surface area contributed by atoms with Gasteiger partial charge in [-0.1, -0.05) is 41.9 Å². The van der Waals surface area contributed by atoms with E-state index < -0.39 is 10.0 Å². The van der Waals surface area contributed by atoms with Crippen LogP contribution < -0.4 is 5.32 Å².